The first-order valence-corrected chi connectivity index (χ1v) is 9.15. The second-order valence-corrected chi connectivity index (χ2v) is 7.34. The molecule has 3 nitrogen and oxygen atoms in total. The number of nitrogens with zero attached hydrogens (tertiary/aromatic N) is 2. The van der Waals surface area contributed by atoms with Gasteiger partial charge in [-0.25, -0.2) is 0 Å². The minimum atomic E-state index is 1.03. The van der Waals surface area contributed by atoms with Crippen molar-refractivity contribution >= 4 is 39.2 Å². The second kappa shape index (κ2) is 6.53. The van der Waals surface area contributed by atoms with Gasteiger partial charge in [-0.05, 0) is 58.5 Å². The molecule has 3 aromatic rings. The molecule has 1 saturated heterocycles. The molecule has 118 valence electrons. The summed E-state index contributed by atoms with van der Waals surface area (Å²) in [6.45, 7) is 5.47. The highest BCUT2D eigenvalue weighted by molar-refractivity contribution is 14.1. The summed E-state index contributed by atoms with van der Waals surface area (Å²) >= 11 is 2.36. The van der Waals surface area contributed by atoms with Gasteiger partial charge in [0.25, 0.3) is 0 Å². The number of hydrogen-bond donors (Lipinski definition) is 1. The maximum absolute atomic E-state index is 3.38. The number of aromatic nitrogens is 1. The standard InChI is InChI=1S/C19H20IN3/c20-16-5-7-17(8-6-16)23-11-9-22(10-12-23)14-15-13-21-19-4-2-1-3-18(15)19/h1-8,13,21H,9-12,14H2. The number of nitrogens with one attached hydrogen (secondary N) is 1. The number of hydrogen-bond acceptors (Lipinski definition) is 2. The largest absolute Gasteiger partial charge is 0.369 e. The molecule has 0 aliphatic carbocycles. The summed E-state index contributed by atoms with van der Waals surface area (Å²) in [5, 5.41) is 1.35. The van der Waals surface area contributed by atoms with Crippen LogP contribution < -0.4 is 4.90 Å². The van der Waals surface area contributed by atoms with Crippen LogP contribution in [0.2, 0.25) is 0 Å². The van der Waals surface area contributed by atoms with Crippen molar-refractivity contribution < 1.29 is 0 Å². The van der Waals surface area contributed by atoms with E-state index in [1.807, 2.05) is 0 Å². The number of halogens is 1. The third-order valence-electron chi connectivity index (χ3n) is 4.63. The number of benzene rings is 2. The first-order chi connectivity index (χ1) is 11.3. The van der Waals surface area contributed by atoms with Gasteiger partial charge in [0, 0.05) is 59.1 Å². The lowest BCUT2D eigenvalue weighted by atomic mass is 10.1. The van der Waals surface area contributed by atoms with Gasteiger partial charge >= 0.3 is 0 Å². The SMILES string of the molecule is Ic1ccc(N2CCN(Cc3c[nH]c4ccccc34)CC2)cc1. The van der Waals surface area contributed by atoms with E-state index < -0.39 is 0 Å². The van der Waals surface area contributed by atoms with E-state index in [0.29, 0.717) is 0 Å². The van der Waals surface area contributed by atoms with Crippen LogP contribution in [-0.2, 0) is 6.54 Å². The van der Waals surface area contributed by atoms with Gasteiger partial charge in [-0.15, -0.1) is 0 Å². The summed E-state index contributed by atoms with van der Waals surface area (Å²) in [6.07, 6.45) is 2.16. The summed E-state index contributed by atoms with van der Waals surface area (Å²) in [5.41, 5.74) is 3.99. The van der Waals surface area contributed by atoms with E-state index in [9.17, 15) is 0 Å². The van der Waals surface area contributed by atoms with Crippen molar-refractivity contribution in [2.45, 2.75) is 6.54 Å². The predicted octanol–water partition coefficient (Wildman–Crippen LogP) is 4.09. The summed E-state index contributed by atoms with van der Waals surface area (Å²) in [5.74, 6) is 0. The van der Waals surface area contributed by atoms with Crippen molar-refractivity contribution in [3.63, 3.8) is 0 Å². The fourth-order valence-corrected chi connectivity index (χ4v) is 3.68. The van der Waals surface area contributed by atoms with Crippen LogP contribution in [-0.4, -0.2) is 36.1 Å². The molecule has 1 N–H and O–H groups in total. The first-order valence-electron chi connectivity index (χ1n) is 8.07. The second-order valence-electron chi connectivity index (χ2n) is 6.10. The average molecular weight is 417 g/mol. The Morgan fingerprint density at radius 2 is 1.65 bits per heavy atom. The number of aromatic amines is 1. The highest BCUT2D eigenvalue weighted by atomic mass is 127. The Morgan fingerprint density at radius 1 is 0.913 bits per heavy atom. The molecule has 1 aliphatic heterocycles. The van der Waals surface area contributed by atoms with Crippen LogP contribution in [0.5, 0.6) is 0 Å². The monoisotopic (exact) mass is 417 g/mol. The molecule has 23 heavy (non-hydrogen) atoms. The summed E-state index contributed by atoms with van der Waals surface area (Å²) in [6, 6.07) is 17.4. The zero-order chi connectivity index (χ0) is 15.6. The Bertz CT molecular complexity index is 786. The lowest BCUT2D eigenvalue weighted by Gasteiger charge is -2.36. The van der Waals surface area contributed by atoms with Crippen LogP contribution in [0.3, 0.4) is 0 Å². The molecule has 1 aliphatic rings. The van der Waals surface area contributed by atoms with E-state index >= 15 is 0 Å². The molecule has 0 radical (unpaired) electrons. The number of rotatable bonds is 3. The highest BCUT2D eigenvalue weighted by Gasteiger charge is 2.18. The van der Waals surface area contributed by atoms with Gasteiger partial charge in [0.2, 0.25) is 0 Å². The molecular formula is C19H20IN3. The number of piperazine rings is 1. The molecule has 0 amide bonds. The average Bonchev–Trinajstić information content (AvgIpc) is 3.00. The first kappa shape index (κ1) is 15.0. The molecule has 4 rings (SSSR count). The summed E-state index contributed by atoms with van der Waals surface area (Å²) in [4.78, 5) is 8.42. The van der Waals surface area contributed by atoms with Crippen LogP contribution >= 0.6 is 22.6 Å². The quantitative estimate of drug-likeness (QED) is 0.649. The van der Waals surface area contributed by atoms with E-state index in [1.54, 1.807) is 0 Å². The Balaban J connectivity index is 1.41. The van der Waals surface area contributed by atoms with Crippen LogP contribution in [0, 0.1) is 3.57 Å². The molecule has 1 aromatic heterocycles. The van der Waals surface area contributed by atoms with Crippen LogP contribution in [0.1, 0.15) is 5.56 Å². The lowest BCUT2D eigenvalue weighted by Crippen LogP contribution is -2.45. The maximum Gasteiger partial charge on any atom is 0.0457 e. The van der Waals surface area contributed by atoms with E-state index in [1.165, 1.54) is 25.7 Å². The zero-order valence-electron chi connectivity index (χ0n) is 13.0. The number of fused-ring (bicyclic) bond motifs is 1. The Labute approximate surface area is 150 Å². The number of H-pyrrole nitrogens is 1. The Morgan fingerprint density at radius 3 is 2.43 bits per heavy atom. The normalized spacial score (nSPS) is 16.1. The molecule has 0 bridgehead atoms. The third kappa shape index (κ3) is 3.23. The fraction of sp³-hybridized carbons (Fsp3) is 0.263. The van der Waals surface area contributed by atoms with Crippen molar-refractivity contribution in [3.8, 4) is 0 Å². The van der Waals surface area contributed by atoms with Crippen LogP contribution in [0.25, 0.3) is 10.9 Å². The van der Waals surface area contributed by atoms with Crippen molar-refractivity contribution in [1.29, 1.82) is 0 Å². The Kier molecular flexibility index (Phi) is 4.27. The van der Waals surface area contributed by atoms with E-state index in [4.69, 9.17) is 0 Å². The smallest absolute Gasteiger partial charge is 0.0457 e. The van der Waals surface area contributed by atoms with E-state index in [0.717, 1.165) is 32.7 Å². The minimum Gasteiger partial charge on any atom is -0.369 e. The van der Waals surface area contributed by atoms with Crippen molar-refractivity contribution in [1.82, 2.24) is 9.88 Å². The van der Waals surface area contributed by atoms with Crippen molar-refractivity contribution in [3.05, 3.63) is 63.9 Å². The molecule has 0 atom stereocenters. The zero-order valence-corrected chi connectivity index (χ0v) is 15.2. The maximum atomic E-state index is 3.38. The van der Waals surface area contributed by atoms with Gasteiger partial charge in [-0.3, -0.25) is 4.90 Å². The van der Waals surface area contributed by atoms with Gasteiger partial charge in [-0.2, -0.15) is 0 Å². The van der Waals surface area contributed by atoms with Gasteiger partial charge in [0.05, 0.1) is 0 Å². The molecule has 1 fully saturated rings. The topological polar surface area (TPSA) is 22.3 Å². The minimum absolute atomic E-state index is 1.03. The van der Waals surface area contributed by atoms with Crippen molar-refractivity contribution in [2.75, 3.05) is 31.1 Å². The molecule has 0 unspecified atom stereocenters. The van der Waals surface area contributed by atoms with Crippen LogP contribution in [0.4, 0.5) is 5.69 Å². The Hall–Kier alpha value is -1.53. The number of anilines is 1. The summed E-state index contributed by atoms with van der Waals surface area (Å²) < 4.78 is 1.30. The van der Waals surface area contributed by atoms with Gasteiger partial charge in [-0.1, -0.05) is 18.2 Å². The molecule has 4 heteroatoms. The fourth-order valence-electron chi connectivity index (χ4n) is 3.32. The van der Waals surface area contributed by atoms with E-state index in [-0.39, 0.29) is 0 Å². The lowest BCUT2D eigenvalue weighted by molar-refractivity contribution is 0.250. The van der Waals surface area contributed by atoms with Gasteiger partial charge in [0.15, 0.2) is 0 Å². The third-order valence-corrected chi connectivity index (χ3v) is 5.35. The van der Waals surface area contributed by atoms with Crippen LogP contribution in [0.15, 0.2) is 54.7 Å². The summed E-state index contributed by atoms with van der Waals surface area (Å²) in [7, 11) is 0. The van der Waals surface area contributed by atoms with Gasteiger partial charge in [0.1, 0.15) is 0 Å². The molecule has 2 heterocycles. The molecule has 0 saturated carbocycles. The number of para-hydroxylation sites is 1. The molecular weight excluding hydrogens is 397 g/mol. The molecule has 0 spiro atoms. The van der Waals surface area contributed by atoms with Gasteiger partial charge < -0.3 is 9.88 Å². The van der Waals surface area contributed by atoms with Crippen molar-refractivity contribution in [2.24, 2.45) is 0 Å². The molecule has 2 aromatic carbocycles. The van der Waals surface area contributed by atoms with E-state index in [2.05, 4.69) is 92.1 Å². The highest BCUT2D eigenvalue weighted by Crippen LogP contribution is 2.22. The predicted molar refractivity (Wildman–Crippen MR) is 105 cm³/mol.